The van der Waals surface area contributed by atoms with E-state index in [0.717, 1.165) is 65.7 Å². The van der Waals surface area contributed by atoms with Crippen LogP contribution in [0.25, 0.3) is 0 Å². The molecule has 8 heteroatoms. The van der Waals surface area contributed by atoms with Crippen molar-refractivity contribution in [2.45, 2.75) is 52.1 Å². The van der Waals surface area contributed by atoms with Crippen molar-refractivity contribution in [2.24, 2.45) is 0 Å². The molecule has 1 aromatic carbocycles. The Bertz CT molecular complexity index is 739. The van der Waals surface area contributed by atoms with Gasteiger partial charge in [-0.25, -0.2) is 0 Å². The number of ether oxygens (including phenoxy) is 2. The minimum absolute atomic E-state index is 0. The molecule has 6 nitrogen and oxygen atoms in total. The summed E-state index contributed by atoms with van der Waals surface area (Å²) in [6, 6.07) is 4.09. The fourth-order valence-electron chi connectivity index (χ4n) is 3.32. The van der Waals surface area contributed by atoms with Gasteiger partial charge >= 0.3 is 0 Å². The van der Waals surface area contributed by atoms with Crippen molar-refractivity contribution in [3.63, 3.8) is 0 Å². The fraction of sp³-hybridized carbons (Fsp3) is 0.579. The van der Waals surface area contributed by atoms with Gasteiger partial charge in [-0.1, -0.05) is 6.42 Å². The first kappa shape index (κ1) is 22.0. The molecular weight excluding hydrogens is 432 g/mol. The van der Waals surface area contributed by atoms with E-state index in [-0.39, 0.29) is 12.4 Å². The van der Waals surface area contributed by atoms with Crippen LogP contribution in [0.1, 0.15) is 43.4 Å². The highest BCUT2D eigenvalue weighted by Gasteiger charge is 2.14. The summed E-state index contributed by atoms with van der Waals surface area (Å²) in [5, 5.41) is 12.2. The van der Waals surface area contributed by atoms with E-state index in [9.17, 15) is 0 Å². The van der Waals surface area contributed by atoms with Gasteiger partial charge in [-0.05, 0) is 53.4 Å². The van der Waals surface area contributed by atoms with Crippen LogP contribution in [-0.4, -0.2) is 35.0 Å². The number of fused-ring (bicyclic) bond motifs is 1. The molecule has 0 aliphatic carbocycles. The van der Waals surface area contributed by atoms with Gasteiger partial charge in [-0.3, -0.25) is 0 Å². The molecular formula is C19H28BrClN4O2. The van der Waals surface area contributed by atoms with Crippen LogP contribution < -0.4 is 14.8 Å². The highest BCUT2D eigenvalue weighted by molar-refractivity contribution is 9.10. The molecule has 1 N–H and O–H groups in total. The Morgan fingerprint density at radius 3 is 2.85 bits per heavy atom. The van der Waals surface area contributed by atoms with Gasteiger partial charge in [0.05, 0.1) is 18.2 Å². The first-order chi connectivity index (χ1) is 12.7. The SMILES string of the molecule is CCOc1c(Br)cc(CNCCc2nnc3n2CCCCC3)cc1OC.Cl. The Kier molecular flexibility index (Phi) is 8.86. The maximum Gasteiger partial charge on any atom is 0.175 e. The van der Waals surface area contributed by atoms with Crippen molar-refractivity contribution in [1.29, 1.82) is 0 Å². The summed E-state index contributed by atoms with van der Waals surface area (Å²) in [6.07, 6.45) is 5.69. The lowest BCUT2D eigenvalue weighted by Crippen LogP contribution is -2.19. The second kappa shape index (κ2) is 10.9. The van der Waals surface area contributed by atoms with Crippen molar-refractivity contribution in [1.82, 2.24) is 20.1 Å². The fourth-order valence-corrected chi connectivity index (χ4v) is 3.93. The normalized spacial score (nSPS) is 13.4. The van der Waals surface area contributed by atoms with E-state index in [2.05, 4.69) is 42.1 Å². The van der Waals surface area contributed by atoms with Gasteiger partial charge < -0.3 is 19.4 Å². The van der Waals surface area contributed by atoms with Crippen LogP contribution in [0.4, 0.5) is 0 Å². The molecule has 0 spiro atoms. The molecule has 0 radical (unpaired) electrons. The van der Waals surface area contributed by atoms with Crippen molar-refractivity contribution < 1.29 is 9.47 Å². The van der Waals surface area contributed by atoms with E-state index in [1.807, 2.05) is 13.0 Å². The third-order valence-corrected chi connectivity index (χ3v) is 5.21. The van der Waals surface area contributed by atoms with Gasteiger partial charge in [-0.2, -0.15) is 0 Å². The quantitative estimate of drug-likeness (QED) is 0.606. The molecule has 0 atom stereocenters. The summed E-state index contributed by atoms with van der Waals surface area (Å²) >= 11 is 3.57. The number of rotatable bonds is 8. The Balaban J connectivity index is 0.00000261. The molecule has 0 bridgehead atoms. The van der Waals surface area contributed by atoms with Crippen LogP contribution in [-0.2, 0) is 25.9 Å². The number of benzene rings is 1. The molecule has 0 fully saturated rings. The number of nitrogens with one attached hydrogen (secondary N) is 1. The number of halogens is 2. The molecule has 0 saturated heterocycles. The van der Waals surface area contributed by atoms with Crippen LogP contribution in [0.5, 0.6) is 11.5 Å². The first-order valence-corrected chi connectivity index (χ1v) is 10.1. The monoisotopic (exact) mass is 458 g/mol. The van der Waals surface area contributed by atoms with Crippen molar-refractivity contribution in [3.05, 3.63) is 33.8 Å². The molecule has 0 amide bonds. The number of hydrogen-bond donors (Lipinski definition) is 1. The van der Waals surface area contributed by atoms with E-state index >= 15 is 0 Å². The van der Waals surface area contributed by atoms with E-state index in [1.54, 1.807) is 7.11 Å². The van der Waals surface area contributed by atoms with E-state index < -0.39 is 0 Å². The molecule has 0 unspecified atom stereocenters. The molecule has 1 aromatic heterocycles. The van der Waals surface area contributed by atoms with Gasteiger partial charge in [-0.15, -0.1) is 22.6 Å². The Morgan fingerprint density at radius 1 is 1.22 bits per heavy atom. The van der Waals surface area contributed by atoms with Crippen LogP contribution in [0.2, 0.25) is 0 Å². The lowest BCUT2D eigenvalue weighted by Gasteiger charge is -2.14. The molecule has 1 aliphatic rings. The van der Waals surface area contributed by atoms with E-state index in [4.69, 9.17) is 9.47 Å². The maximum atomic E-state index is 5.64. The van der Waals surface area contributed by atoms with Crippen LogP contribution >= 0.6 is 28.3 Å². The third kappa shape index (κ3) is 5.59. The third-order valence-electron chi connectivity index (χ3n) is 4.62. The van der Waals surface area contributed by atoms with Gasteiger partial charge in [0.2, 0.25) is 0 Å². The van der Waals surface area contributed by atoms with Crippen molar-refractivity contribution in [3.8, 4) is 11.5 Å². The zero-order valence-electron chi connectivity index (χ0n) is 16.0. The largest absolute Gasteiger partial charge is 0.493 e. The number of nitrogens with zero attached hydrogens (tertiary/aromatic N) is 3. The molecule has 3 rings (SSSR count). The summed E-state index contributed by atoms with van der Waals surface area (Å²) in [5.41, 5.74) is 1.15. The van der Waals surface area contributed by atoms with Crippen molar-refractivity contribution >= 4 is 28.3 Å². The molecule has 150 valence electrons. The predicted molar refractivity (Wildman–Crippen MR) is 112 cm³/mol. The Hall–Kier alpha value is -1.31. The smallest absolute Gasteiger partial charge is 0.175 e. The van der Waals surface area contributed by atoms with Crippen molar-refractivity contribution in [2.75, 3.05) is 20.3 Å². The summed E-state index contributed by atoms with van der Waals surface area (Å²) < 4.78 is 14.3. The zero-order chi connectivity index (χ0) is 18.4. The van der Waals surface area contributed by atoms with Gasteiger partial charge in [0, 0.05) is 32.5 Å². The average molecular weight is 460 g/mol. The first-order valence-electron chi connectivity index (χ1n) is 9.33. The maximum absolute atomic E-state index is 5.64. The van der Waals surface area contributed by atoms with E-state index in [0.29, 0.717) is 6.61 Å². The number of aromatic nitrogens is 3. The molecule has 2 aromatic rings. The number of methoxy groups -OCH3 is 1. The summed E-state index contributed by atoms with van der Waals surface area (Å²) in [6.45, 7) is 5.26. The molecule has 0 saturated carbocycles. The average Bonchev–Trinajstić information content (AvgIpc) is 2.87. The molecule has 27 heavy (non-hydrogen) atoms. The number of hydrogen-bond acceptors (Lipinski definition) is 5. The summed E-state index contributed by atoms with van der Waals surface area (Å²) in [7, 11) is 1.67. The highest BCUT2D eigenvalue weighted by Crippen LogP contribution is 2.36. The van der Waals surface area contributed by atoms with Gasteiger partial charge in [0.1, 0.15) is 11.6 Å². The van der Waals surface area contributed by atoms with Crippen LogP contribution in [0.15, 0.2) is 16.6 Å². The zero-order valence-corrected chi connectivity index (χ0v) is 18.4. The van der Waals surface area contributed by atoms with Gasteiger partial charge in [0.25, 0.3) is 0 Å². The van der Waals surface area contributed by atoms with E-state index in [1.165, 1.54) is 19.3 Å². The van der Waals surface area contributed by atoms with Gasteiger partial charge in [0.15, 0.2) is 11.5 Å². The Labute approximate surface area is 175 Å². The second-order valence-corrected chi connectivity index (χ2v) is 7.32. The van der Waals surface area contributed by atoms with Crippen LogP contribution in [0.3, 0.4) is 0 Å². The summed E-state index contributed by atoms with van der Waals surface area (Å²) in [5.74, 6) is 3.75. The minimum atomic E-state index is 0. The standard InChI is InChI=1S/C19H27BrN4O2.ClH/c1-3-26-19-15(20)11-14(12-16(19)25-2)13-21-9-8-18-23-22-17-7-5-4-6-10-24(17)18;/h11-12,21H,3-10,13H2,1-2H3;1H. The highest BCUT2D eigenvalue weighted by atomic mass is 79.9. The van der Waals surface area contributed by atoms with Crippen LogP contribution in [0, 0.1) is 0 Å². The topological polar surface area (TPSA) is 61.2 Å². The lowest BCUT2D eigenvalue weighted by atomic mass is 10.2. The molecule has 2 heterocycles. The summed E-state index contributed by atoms with van der Waals surface area (Å²) in [4.78, 5) is 0. The second-order valence-electron chi connectivity index (χ2n) is 6.46. The number of aryl methyl sites for hydroxylation is 1. The molecule has 1 aliphatic heterocycles. The minimum Gasteiger partial charge on any atom is -0.493 e. The lowest BCUT2D eigenvalue weighted by molar-refractivity contribution is 0.308. The Morgan fingerprint density at radius 2 is 2.07 bits per heavy atom. The predicted octanol–water partition coefficient (Wildman–Crippen LogP) is 3.93.